The van der Waals surface area contributed by atoms with Gasteiger partial charge in [-0.05, 0) is 53.6 Å². The highest BCUT2D eigenvalue weighted by atomic mass is 16.6. The standard InChI is InChI=1S/C27H26N2O3/c1-2-3-6-20-9-11-21(12-10-20)17-26-25-18-24(14-13-22(25)15-16-28-26)32-19-23-7-4-5-8-27(23)29(30)31/h4-5,7-16,18H,2-3,6,17,19H2,1H3. The Labute approximate surface area is 187 Å². The Morgan fingerprint density at radius 2 is 1.75 bits per heavy atom. The molecule has 1 aromatic heterocycles. The molecule has 32 heavy (non-hydrogen) atoms. The van der Waals surface area contributed by atoms with E-state index < -0.39 is 0 Å². The van der Waals surface area contributed by atoms with Gasteiger partial charge in [-0.3, -0.25) is 15.1 Å². The van der Waals surface area contributed by atoms with E-state index in [1.807, 2.05) is 30.5 Å². The van der Waals surface area contributed by atoms with Crippen molar-refractivity contribution in [2.24, 2.45) is 0 Å². The van der Waals surface area contributed by atoms with Crippen LogP contribution in [0.3, 0.4) is 0 Å². The van der Waals surface area contributed by atoms with Gasteiger partial charge in [0.15, 0.2) is 0 Å². The third kappa shape index (κ3) is 5.11. The number of unbranched alkanes of at least 4 members (excludes halogenated alkanes) is 1. The molecule has 1 heterocycles. The number of aromatic nitrogens is 1. The second-order valence-electron chi connectivity index (χ2n) is 7.91. The van der Waals surface area contributed by atoms with Crippen LogP contribution in [0, 0.1) is 10.1 Å². The highest BCUT2D eigenvalue weighted by molar-refractivity contribution is 5.86. The van der Waals surface area contributed by atoms with Crippen molar-refractivity contribution >= 4 is 16.5 Å². The van der Waals surface area contributed by atoms with E-state index >= 15 is 0 Å². The highest BCUT2D eigenvalue weighted by Gasteiger charge is 2.13. The maximum absolute atomic E-state index is 11.2. The predicted molar refractivity (Wildman–Crippen MR) is 127 cm³/mol. The lowest BCUT2D eigenvalue weighted by Gasteiger charge is -2.10. The normalized spacial score (nSPS) is 10.9. The summed E-state index contributed by atoms with van der Waals surface area (Å²) in [6, 6.07) is 23.3. The van der Waals surface area contributed by atoms with E-state index in [0.29, 0.717) is 11.3 Å². The zero-order chi connectivity index (χ0) is 22.3. The number of aryl methyl sites for hydroxylation is 1. The number of ether oxygens (including phenoxy) is 1. The van der Waals surface area contributed by atoms with Gasteiger partial charge in [-0.15, -0.1) is 0 Å². The van der Waals surface area contributed by atoms with Crippen molar-refractivity contribution < 1.29 is 9.66 Å². The lowest BCUT2D eigenvalue weighted by molar-refractivity contribution is -0.385. The van der Waals surface area contributed by atoms with Crippen molar-refractivity contribution in [2.75, 3.05) is 0 Å². The Morgan fingerprint density at radius 3 is 2.53 bits per heavy atom. The average molecular weight is 427 g/mol. The summed E-state index contributed by atoms with van der Waals surface area (Å²) < 4.78 is 5.92. The van der Waals surface area contributed by atoms with E-state index in [0.717, 1.165) is 29.3 Å². The van der Waals surface area contributed by atoms with Crippen molar-refractivity contribution in [1.29, 1.82) is 0 Å². The Hall–Kier alpha value is -3.73. The molecule has 3 aromatic carbocycles. The number of hydrogen-bond donors (Lipinski definition) is 0. The number of hydrogen-bond acceptors (Lipinski definition) is 4. The lowest BCUT2D eigenvalue weighted by Crippen LogP contribution is -2.01. The summed E-state index contributed by atoms with van der Waals surface area (Å²) in [6.45, 7) is 2.34. The first kappa shape index (κ1) is 21.5. The van der Waals surface area contributed by atoms with Gasteiger partial charge in [-0.1, -0.05) is 55.8 Å². The van der Waals surface area contributed by atoms with Crippen molar-refractivity contribution in [3.8, 4) is 5.75 Å². The molecular formula is C27H26N2O3. The van der Waals surface area contributed by atoms with Gasteiger partial charge in [0.2, 0.25) is 0 Å². The van der Waals surface area contributed by atoms with Gasteiger partial charge < -0.3 is 4.74 Å². The second-order valence-corrected chi connectivity index (χ2v) is 7.91. The summed E-state index contributed by atoms with van der Waals surface area (Å²) in [4.78, 5) is 15.5. The molecule has 0 fully saturated rings. The fourth-order valence-electron chi connectivity index (χ4n) is 3.81. The number of rotatable bonds is 9. The van der Waals surface area contributed by atoms with E-state index in [1.54, 1.807) is 18.2 Å². The van der Waals surface area contributed by atoms with Crippen molar-refractivity contribution in [3.05, 3.63) is 111 Å². The van der Waals surface area contributed by atoms with Crippen LogP contribution in [0.25, 0.3) is 10.8 Å². The molecule has 0 spiro atoms. The molecule has 0 bridgehead atoms. The van der Waals surface area contributed by atoms with Crippen LogP contribution in [0.4, 0.5) is 5.69 Å². The maximum Gasteiger partial charge on any atom is 0.276 e. The molecule has 0 saturated carbocycles. The molecule has 0 amide bonds. The van der Waals surface area contributed by atoms with Crippen molar-refractivity contribution in [1.82, 2.24) is 4.98 Å². The molecule has 0 aliphatic heterocycles. The minimum Gasteiger partial charge on any atom is -0.489 e. The second kappa shape index (κ2) is 10.1. The molecule has 0 saturated heterocycles. The monoisotopic (exact) mass is 426 g/mol. The van der Waals surface area contributed by atoms with Crippen molar-refractivity contribution in [3.63, 3.8) is 0 Å². The van der Waals surface area contributed by atoms with Crippen LogP contribution in [0.2, 0.25) is 0 Å². The quantitative estimate of drug-likeness (QED) is 0.222. The fraction of sp³-hybridized carbons (Fsp3) is 0.222. The average Bonchev–Trinajstić information content (AvgIpc) is 2.82. The Balaban J connectivity index is 1.54. The molecule has 4 rings (SSSR count). The van der Waals surface area contributed by atoms with Crippen LogP contribution >= 0.6 is 0 Å². The van der Waals surface area contributed by atoms with Gasteiger partial charge in [0.1, 0.15) is 12.4 Å². The largest absolute Gasteiger partial charge is 0.489 e. The molecule has 0 aliphatic rings. The van der Waals surface area contributed by atoms with Crippen LogP contribution in [0.1, 0.15) is 42.1 Å². The number of nitrogens with zero attached hydrogens (tertiary/aromatic N) is 2. The molecule has 0 unspecified atom stereocenters. The topological polar surface area (TPSA) is 65.3 Å². The van der Waals surface area contributed by atoms with Gasteiger partial charge in [0, 0.05) is 24.1 Å². The number of nitro groups is 1. The molecule has 5 nitrogen and oxygen atoms in total. The smallest absolute Gasteiger partial charge is 0.276 e. The Bertz CT molecular complexity index is 1220. The van der Waals surface area contributed by atoms with Crippen LogP contribution in [-0.4, -0.2) is 9.91 Å². The Morgan fingerprint density at radius 1 is 0.969 bits per heavy atom. The predicted octanol–water partition coefficient (Wildman–Crippen LogP) is 6.66. The highest BCUT2D eigenvalue weighted by Crippen LogP contribution is 2.26. The molecule has 4 aromatic rings. The fourth-order valence-corrected chi connectivity index (χ4v) is 3.81. The van der Waals surface area contributed by atoms with Gasteiger partial charge in [-0.25, -0.2) is 0 Å². The number of benzene rings is 3. The number of fused-ring (bicyclic) bond motifs is 1. The number of pyridine rings is 1. The lowest BCUT2D eigenvalue weighted by atomic mass is 10.0. The first-order valence-electron chi connectivity index (χ1n) is 10.9. The summed E-state index contributed by atoms with van der Waals surface area (Å²) in [5.41, 5.74) is 4.19. The van der Waals surface area contributed by atoms with Gasteiger partial charge in [0.05, 0.1) is 16.2 Å². The van der Waals surface area contributed by atoms with E-state index in [4.69, 9.17) is 4.74 Å². The van der Waals surface area contributed by atoms with E-state index in [9.17, 15) is 10.1 Å². The first-order chi connectivity index (χ1) is 15.6. The maximum atomic E-state index is 11.2. The molecule has 0 N–H and O–H groups in total. The summed E-state index contributed by atoms with van der Waals surface area (Å²) >= 11 is 0. The summed E-state index contributed by atoms with van der Waals surface area (Å²) in [5, 5.41) is 13.4. The van der Waals surface area contributed by atoms with E-state index in [2.05, 4.69) is 36.2 Å². The van der Waals surface area contributed by atoms with Crippen LogP contribution in [0.5, 0.6) is 5.75 Å². The SMILES string of the molecule is CCCCc1ccc(Cc2nccc3ccc(OCc4ccccc4[N+](=O)[O-])cc23)cc1. The van der Waals surface area contributed by atoms with Gasteiger partial charge in [0.25, 0.3) is 5.69 Å². The molecule has 0 aliphatic carbocycles. The minimum atomic E-state index is -0.380. The third-order valence-electron chi connectivity index (χ3n) is 5.62. The van der Waals surface area contributed by atoms with Crippen molar-refractivity contribution in [2.45, 2.75) is 39.2 Å². The molecule has 0 atom stereocenters. The Kier molecular flexibility index (Phi) is 6.75. The van der Waals surface area contributed by atoms with Crippen LogP contribution in [0.15, 0.2) is 79.0 Å². The first-order valence-corrected chi connectivity index (χ1v) is 10.9. The van der Waals surface area contributed by atoms with E-state index in [1.165, 1.54) is 30.0 Å². The molecular weight excluding hydrogens is 400 g/mol. The summed E-state index contributed by atoms with van der Waals surface area (Å²) in [6.07, 6.45) is 6.09. The van der Waals surface area contributed by atoms with Gasteiger partial charge in [-0.2, -0.15) is 0 Å². The number of para-hydroxylation sites is 1. The number of nitro benzene ring substituents is 1. The zero-order valence-electron chi connectivity index (χ0n) is 18.2. The minimum absolute atomic E-state index is 0.0676. The molecule has 5 heteroatoms. The summed E-state index contributed by atoms with van der Waals surface area (Å²) in [5.74, 6) is 0.666. The van der Waals surface area contributed by atoms with E-state index in [-0.39, 0.29) is 17.2 Å². The zero-order valence-corrected chi connectivity index (χ0v) is 18.2. The third-order valence-corrected chi connectivity index (χ3v) is 5.62. The summed E-state index contributed by atoms with van der Waals surface area (Å²) in [7, 11) is 0. The van der Waals surface area contributed by atoms with Crippen LogP contribution < -0.4 is 4.74 Å². The van der Waals surface area contributed by atoms with Crippen LogP contribution in [-0.2, 0) is 19.4 Å². The van der Waals surface area contributed by atoms with Gasteiger partial charge >= 0.3 is 0 Å². The molecule has 162 valence electrons. The molecule has 0 radical (unpaired) electrons.